The normalized spacial score (nSPS) is 9.91. The highest BCUT2D eigenvalue weighted by molar-refractivity contribution is 6.30. The Morgan fingerprint density at radius 3 is 2.73 bits per heavy atom. The van der Waals surface area contributed by atoms with Gasteiger partial charge in [-0.25, -0.2) is 4.98 Å². The smallest absolute Gasteiger partial charge is 0.241 e. The van der Waals surface area contributed by atoms with Crippen molar-refractivity contribution >= 4 is 23.4 Å². The third-order valence-electron chi connectivity index (χ3n) is 3.00. The molecule has 1 heterocycles. The summed E-state index contributed by atoms with van der Waals surface area (Å²) < 4.78 is 11.0. The van der Waals surface area contributed by atoms with E-state index in [9.17, 15) is 0 Å². The summed E-state index contributed by atoms with van der Waals surface area (Å²) in [5.74, 6) is 1.03. The minimum atomic E-state index is 0.251. The molecule has 5 nitrogen and oxygen atoms in total. The van der Waals surface area contributed by atoms with Crippen molar-refractivity contribution in [3.05, 3.63) is 46.6 Å². The van der Waals surface area contributed by atoms with E-state index in [-0.39, 0.29) is 11.6 Å². The molecule has 0 radical (unpaired) electrons. The number of anilines is 1. The molecule has 0 fully saturated rings. The summed E-state index contributed by atoms with van der Waals surface area (Å²) in [5.41, 5.74) is 7.99. The number of ether oxygens (including phenoxy) is 2. The summed E-state index contributed by atoms with van der Waals surface area (Å²) in [6.45, 7) is 5.54. The molecule has 112 valence electrons. The first kappa shape index (κ1) is 15.7. The summed E-state index contributed by atoms with van der Waals surface area (Å²) >= 11 is 5.98. The molecule has 0 amide bonds. The van der Waals surface area contributed by atoms with E-state index >= 15 is 0 Å². The first-order valence-corrected chi connectivity index (χ1v) is 6.73. The second-order valence-corrected chi connectivity index (χ2v) is 4.89. The van der Waals surface area contributed by atoms with Gasteiger partial charge in [0.05, 0.1) is 24.4 Å². The molecule has 1 aromatic carbocycles. The van der Waals surface area contributed by atoms with Gasteiger partial charge in [-0.05, 0) is 25.1 Å². The van der Waals surface area contributed by atoms with Gasteiger partial charge in [-0.15, -0.1) is 0 Å². The Morgan fingerprint density at radius 2 is 2.14 bits per heavy atom. The van der Waals surface area contributed by atoms with Crippen LogP contribution in [0.1, 0.15) is 16.8 Å². The van der Waals surface area contributed by atoms with Crippen LogP contribution < -0.4 is 15.2 Å². The van der Waals surface area contributed by atoms with Crippen LogP contribution >= 0.6 is 11.6 Å². The Balaban J connectivity index is 2.58. The molecule has 1 aromatic heterocycles. The van der Waals surface area contributed by atoms with Crippen LogP contribution in [0.15, 0.2) is 24.8 Å². The lowest BCUT2D eigenvalue weighted by Crippen LogP contribution is -2.03. The molecular weight excluding hydrogens is 302 g/mol. The number of nitrogens with zero attached hydrogens (tertiary/aromatic N) is 2. The molecule has 0 bridgehead atoms. The number of nitrogen functional groups attached to an aromatic ring is 1. The van der Waals surface area contributed by atoms with E-state index in [0.717, 1.165) is 0 Å². The van der Waals surface area contributed by atoms with Gasteiger partial charge in [0.25, 0.3) is 0 Å². The zero-order valence-electron chi connectivity index (χ0n) is 12.2. The number of benzene rings is 1. The SMILES string of the molecule is C=Cc1c(C)nc(OC)c(N)c1Oc1cc(Cl)cc(C#N)c1. The predicted octanol–water partition coefficient (Wildman–Crippen LogP) is 3.94. The summed E-state index contributed by atoms with van der Waals surface area (Å²) in [7, 11) is 1.47. The summed E-state index contributed by atoms with van der Waals surface area (Å²) in [6.07, 6.45) is 1.60. The van der Waals surface area contributed by atoms with Crippen molar-refractivity contribution < 1.29 is 9.47 Å². The van der Waals surface area contributed by atoms with Crippen molar-refractivity contribution in [1.82, 2.24) is 4.98 Å². The number of nitriles is 1. The van der Waals surface area contributed by atoms with Crippen molar-refractivity contribution in [3.8, 4) is 23.4 Å². The highest BCUT2D eigenvalue weighted by Crippen LogP contribution is 2.39. The number of halogens is 1. The molecule has 0 spiro atoms. The van der Waals surface area contributed by atoms with E-state index in [1.165, 1.54) is 7.11 Å². The van der Waals surface area contributed by atoms with Crippen LogP contribution in [-0.4, -0.2) is 12.1 Å². The number of aryl methyl sites for hydroxylation is 1. The predicted molar refractivity (Wildman–Crippen MR) is 86.3 cm³/mol. The Labute approximate surface area is 133 Å². The fraction of sp³-hybridized carbons (Fsp3) is 0.125. The van der Waals surface area contributed by atoms with Gasteiger partial charge in [0.2, 0.25) is 5.88 Å². The van der Waals surface area contributed by atoms with Crippen LogP contribution in [0.5, 0.6) is 17.4 Å². The van der Waals surface area contributed by atoms with Crippen molar-refractivity contribution in [2.75, 3.05) is 12.8 Å². The number of rotatable bonds is 4. The van der Waals surface area contributed by atoms with E-state index in [1.54, 1.807) is 31.2 Å². The first-order chi connectivity index (χ1) is 10.5. The lowest BCUT2D eigenvalue weighted by Gasteiger charge is -2.16. The second-order valence-electron chi connectivity index (χ2n) is 4.46. The molecule has 22 heavy (non-hydrogen) atoms. The third-order valence-corrected chi connectivity index (χ3v) is 3.21. The second kappa shape index (κ2) is 6.37. The Bertz CT molecular complexity index is 782. The van der Waals surface area contributed by atoms with Crippen LogP contribution in [0, 0.1) is 18.3 Å². The minimum absolute atomic E-state index is 0.251. The van der Waals surface area contributed by atoms with Crippen molar-refractivity contribution in [1.29, 1.82) is 5.26 Å². The molecule has 0 atom stereocenters. The topological polar surface area (TPSA) is 81.2 Å². The zero-order chi connectivity index (χ0) is 16.3. The molecule has 0 aliphatic carbocycles. The van der Waals surface area contributed by atoms with Crippen molar-refractivity contribution in [2.45, 2.75) is 6.92 Å². The standard InChI is InChI=1S/C16H14ClN3O2/c1-4-13-9(2)20-16(21-3)14(19)15(13)22-12-6-10(8-18)5-11(17)7-12/h4-7H,1,19H2,2-3H3. The Hall–Kier alpha value is -2.71. The minimum Gasteiger partial charge on any atom is -0.479 e. The quantitative estimate of drug-likeness (QED) is 0.924. The van der Waals surface area contributed by atoms with Crippen LogP contribution in [0.2, 0.25) is 5.02 Å². The van der Waals surface area contributed by atoms with Gasteiger partial charge in [0, 0.05) is 10.6 Å². The van der Waals surface area contributed by atoms with Gasteiger partial charge in [0.15, 0.2) is 5.75 Å². The lowest BCUT2D eigenvalue weighted by atomic mass is 10.1. The summed E-state index contributed by atoms with van der Waals surface area (Å²) in [4.78, 5) is 4.24. The molecule has 2 rings (SSSR count). The number of methoxy groups -OCH3 is 1. The van der Waals surface area contributed by atoms with Gasteiger partial charge in [-0.3, -0.25) is 0 Å². The van der Waals surface area contributed by atoms with Gasteiger partial charge in [-0.2, -0.15) is 5.26 Å². The fourth-order valence-electron chi connectivity index (χ4n) is 1.99. The summed E-state index contributed by atoms with van der Waals surface area (Å²) in [6, 6.07) is 6.73. The number of hydrogen-bond acceptors (Lipinski definition) is 5. The van der Waals surface area contributed by atoms with Gasteiger partial charge in [0.1, 0.15) is 11.4 Å². The van der Waals surface area contributed by atoms with Gasteiger partial charge >= 0.3 is 0 Å². The molecule has 2 aromatic rings. The summed E-state index contributed by atoms with van der Waals surface area (Å²) in [5, 5.41) is 9.39. The highest BCUT2D eigenvalue weighted by Gasteiger charge is 2.17. The highest BCUT2D eigenvalue weighted by atomic mass is 35.5. The van der Waals surface area contributed by atoms with Crippen LogP contribution in [0.3, 0.4) is 0 Å². The third kappa shape index (κ3) is 2.97. The van der Waals surface area contributed by atoms with E-state index in [2.05, 4.69) is 11.6 Å². The van der Waals surface area contributed by atoms with Crippen LogP contribution in [0.4, 0.5) is 5.69 Å². The molecule has 2 N–H and O–H groups in total. The average Bonchev–Trinajstić information content (AvgIpc) is 2.50. The van der Waals surface area contributed by atoms with E-state index < -0.39 is 0 Å². The van der Waals surface area contributed by atoms with Gasteiger partial charge < -0.3 is 15.2 Å². The maximum Gasteiger partial charge on any atom is 0.241 e. The number of pyridine rings is 1. The Morgan fingerprint density at radius 1 is 1.41 bits per heavy atom. The maximum absolute atomic E-state index is 9.00. The fourth-order valence-corrected chi connectivity index (χ4v) is 2.21. The lowest BCUT2D eigenvalue weighted by molar-refractivity contribution is 0.394. The van der Waals surface area contributed by atoms with Crippen molar-refractivity contribution in [3.63, 3.8) is 0 Å². The van der Waals surface area contributed by atoms with Crippen LogP contribution in [-0.2, 0) is 0 Å². The first-order valence-electron chi connectivity index (χ1n) is 6.35. The average molecular weight is 316 g/mol. The molecule has 0 aliphatic rings. The number of nitrogens with two attached hydrogens (primary N) is 1. The molecule has 0 aliphatic heterocycles. The molecule has 0 unspecified atom stereocenters. The monoisotopic (exact) mass is 315 g/mol. The Kier molecular flexibility index (Phi) is 4.54. The zero-order valence-corrected chi connectivity index (χ0v) is 12.9. The molecule has 0 saturated carbocycles. The molecular formula is C16H14ClN3O2. The van der Waals surface area contributed by atoms with Crippen LogP contribution in [0.25, 0.3) is 6.08 Å². The van der Waals surface area contributed by atoms with E-state index in [0.29, 0.717) is 33.3 Å². The molecule has 6 heteroatoms. The largest absolute Gasteiger partial charge is 0.479 e. The van der Waals surface area contributed by atoms with E-state index in [1.807, 2.05) is 6.07 Å². The van der Waals surface area contributed by atoms with Crippen molar-refractivity contribution in [2.24, 2.45) is 0 Å². The maximum atomic E-state index is 9.00. The number of hydrogen-bond donors (Lipinski definition) is 1. The van der Waals surface area contributed by atoms with Gasteiger partial charge in [-0.1, -0.05) is 24.3 Å². The molecule has 0 saturated heterocycles. The van der Waals surface area contributed by atoms with E-state index in [4.69, 9.17) is 32.1 Å². The number of aromatic nitrogens is 1.